The van der Waals surface area contributed by atoms with E-state index in [-0.39, 0.29) is 12.4 Å². The van der Waals surface area contributed by atoms with E-state index < -0.39 is 16.1 Å². The van der Waals surface area contributed by atoms with Crippen LogP contribution in [0.2, 0.25) is 0 Å². The molecule has 0 saturated heterocycles. The largest absolute Gasteiger partial charge is 0.465 e. The molecule has 0 fully saturated rings. The highest BCUT2D eigenvalue weighted by Gasteiger charge is 2.18. The Labute approximate surface area is 164 Å². The van der Waals surface area contributed by atoms with Gasteiger partial charge in [-0.25, -0.2) is 8.42 Å². The second kappa shape index (κ2) is 10.1. The van der Waals surface area contributed by atoms with E-state index in [1.54, 1.807) is 19.1 Å². The standard InChI is InChI=1S/C22H32O4S/c1-5-22(17(2)3)19-11-13-20(14-12-19)26-18(4)25-15-16-27(23,24)21-9-7-6-8-10-21/h7,9-14,17-18,22H,5-6,8,15-16H2,1-4H3. The highest BCUT2D eigenvalue weighted by Crippen LogP contribution is 2.29. The van der Waals surface area contributed by atoms with E-state index in [4.69, 9.17) is 9.47 Å². The van der Waals surface area contributed by atoms with E-state index in [9.17, 15) is 8.42 Å². The molecule has 0 bridgehead atoms. The Morgan fingerprint density at radius 2 is 1.78 bits per heavy atom. The first-order valence-corrected chi connectivity index (χ1v) is 11.5. The third-order valence-corrected chi connectivity index (χ3v) is 6.60. The third kappa shape index (κ3) is 6.51. The number of rotatable bonds is 10. The average molecular weight is 393 g/mol. The minimum Gasteiger partial charge on any atom is -0.465 e. The molecular formula is C22H32O4S. The van der Waals surface area contributed by atoms with Gasteiger partial charge in [0.1, 0.15) is 5.75 Å². The second-order valence-corrected chi connectivity index (χ2v) is 9.40. The molecule has 5 heteroatoms. The van der Waals surface area contributed by atoms with Gasteiger partial charge in [-0.3, -0.25) is 0 Å². The average Bonchev–Trinajstić information content (AvgIpc) is 2.64. The maximum absolute atomic E-state index is 12.3. The zero-order chi connectivity index (χ0) is 19.9. The van der Waals surface area contributed by atoms with Crippen molar-refractivity contribution in [2.24, 2.45) is 5.92 Å². The Hall–Kier alpha value is -1.59. The van der Waals surface area contributed by atoms with Crippen molar-refractivity contribution >= 4 is 9.84 Å². The Morgan fingerprint density at radius 3 is 2.33 bits per heavy atom. The van der Waals surface area contributed by atoms with Crippen LogP contribution in [0.4, 0.5) is 0 Å². The molecule has 2 rings (SSSR count). The van der Waals surface area contributed by atoms with Gasteiger partial charge in [0.2, 0.25) is 0 Å². The van der Waals surface area contributed by atoms with Gasteiger partial charge in [0.25, 0.3) is 0 Å². The quantitative estimate of drug-likeness (QED) is 0.512. The number of hydrogen-bond acceptors (Lipinski definition) is 4. The molecule has 0 radical (unpaired) electrons. The molecule has 0 aromatic heterocycles. The van der Waals surface area contributed by atoms with Gasteiger partial charge in [-0.15, -0.1) is 0 Å². The molecule has 0 N–H and O–H groups in total. The minimum atomic E-state index is -3.28. The van der Waals surface area contributed by atoms with E-state index in [0.29, 0.717) is 16.7 Å². The zero-order valence-corrected chi connectivity index (χ0v) is 17.7. The van der Waals surface area contributed by atoms with Crippen molar-refractivity contribution in [3.8, 4) is 5.75 Å². The normalized spacial score (nSPS) is 16.9. The molecule has 1 aromatic carbocycles. The van der Waals surface area contributed by atoms with Gasteiger partial charge in [-0.1, -0.05) is 45.1 Å². The van der Waals surface area contributed by atoms with E-state index in [1.807, 2.05) is 18.2 Å². The first-order chi connectivity index (χ1) is 12.8. The monoisotopic (exact) mass is 392 g/mol. The van der Waals surface area contributed by atoms with Gasteiger partial charge in [0, 0.05) is 0 Å². The topological polar surface area (TPSA) is 52.6 Å². The summed E-state index contributed by atoms with van der Waals surface area (Å²) in [6, 6.07) is 8.11. The van der Waals surface area contributed by atoms with E-state index in [2.05, 4.69) is 32.9 Å². The Balaban J connectivity index is 1.82. The van der Waals surface area contributed by atoms with Gasteiger partial charge in [0.15, 0.2) is 16.1 Å². The van der Waals surface area contributed by atoms with E-state index in [0.717, 1.165) is 25.0 Å². The smallest absolute Gasteiger partial charge is 0.197 e. The predicted molar refractivity (Wildman–Crippen MR) is 111 cm³/mol. The van der Waals surface area contributed by atoms with Crippen molar-refractivity contribution in [2.75, 3.05) is 12.4 Å². The number of ether oxygens (including phenoxy) is 2. The summed E-state index contributed by atoms with van der Waals surface area (Å²) < 4.78 is 35.9. The lowest BCUT2D eigenvalue weighted by atomic mass is 9.86. The van der Waals surface area contributed by atoms with Crippen LogP contribution in [0, 0.1) is 5.92 Å². The van der Waals surface area contributed by atoms with Crippen LogP contribution in [-0.2, 0) is 14.6 Å². The van der Waals surface area contributed by atoms with E-state index >= 15 is 0 Å². The minimum absolute atomic E-state index is 0.0393. The van der Waals surface area contributed by atoms with Crippen LogP contribution in [-0.4, -0.2) is 27.1 Å². The fourth-order valence-corrected chi connectivity index (χ4v) is 4.60. The molecule has 0 heterocycles. The van der Waals surface area contributed by atoms with Crippen LogP contribution in [0.1, 0.15) is 58.4 Å². The van der Waals surface area contributed by atoms with Crippen molar-refractivity contribution in [1.82, 2.24) is 0 Å². The Kier molecular flexibility index (Phi) is 8.11. The van der Waals surface area contributed by atoms with Crippen LogP contribution in [0.3, 0.4) is 0 Å². The number of allylic oxidation sites excluding steroid dienone is 3. The van der Waals surface area contributed by atoms with Gasteiger partial charge in [0.05, 0.1) is 17.3 Å². The van der Waals surface area contributed by atoms with Gasteiger partial charge >= 0.3 is 0 Å². The summed E-state index contributed by atoms with van der Waals surface area (Å²) >= 11 is 0. The van der Waals surface area contributed by atoms with Crippen molar-refractivity contribution in [3.05, 3.63) is 53.0 Å². The molecule has 0 spiro atoms. The highest BCUT2D eigenvalue weighted by atomic mass is 32.2. The molecule has 1 aliphatic rings. The van der Waals surface area contributed by atoms with Crippen molar-refractivity contribution in [3.63, 3.8) is 0 Å². The zero-order valence-electron chi connectivity index (χ0n) is 16.9. The molecule has 1 aliphatic carbocycles. The van der Waals surface area contributed by atoms with Crippen LogP contribution in [0.5, 0.6) is 5.75 Å². The third-order valence-electron chi connectivity index (χ3n) is 4.88. The lowest BCUT2D eigenvalue weighted by Gasteiger charge is -2.20. The molecular weight excluding hydrogens is 360 g/mol. The second-order valence-electron chi connectivity index (χ2n) is 7.29. The first kappa shape index (κ1) is 21.7. The Morgan fingerprint density at radius 1 is 1.07 bits per heavy atom. The lowest BCUT2D eigenvalue weighted by molar-refractivity contribution is -0.0605. The fourth-order valence-electron chi connectivity index (χ4n) is 3.37. The number of hydrogen-bond donors (Lipinski definition) is 0. The molecule has 0 saturated carbocycles. The summed E-state index contributed by atoms with van der Waals surface area (Å²) in [5.41, 5.74) is 1.31. The SMILES string of the molecule is CCC(c1ccc(OC(C)OCCS(=O)(=O)C2=CCCC=C2)cc1)C(C)C. The van der Waals surface area contributed by atoms with Crippen molar-refractivity contribution in [2.45, 2.75) is 59.2 Å². The predicted octanol–water partition coefficient (Wildman–Crippen LogP) is 5.23. The molecule has 4 nitrogen and oxygen atoms in total. The maximum Gasteiger partial charge on any atom is 0.197 e. The summed E-state index contributed by atoms with van der Waals surface area (Å²) in [6.07, 6.45) is 7.63. The molecule has 2 atom stereocenters. The molecule has 0 amide bonds. The van der Waals surface area contributed by atoms with Crippen LogP contribution in [0.15, 0.2) is 47.4 Å². The summed E-state index contributed by atoms with van der Waals surface area (Å²) in [7, 11) is -3.28. The number of sulfone groups is 1. The number of benzene rings is 1. The Bertz CT molecular complexity index is 745. The molecule has 1 aromatic rings. The van der Waals surface area contributed by atoms with Gasteiger partial charge in [-0.05, 0) is 61.8 Å². The van der Waals surface area contributed by atoms with Gasteiger partial charge in [-0.2, -0.15) is 0 Å². The molecule has 150 valence electrons. The lowest BCUT2D eigenvalue weighted by Crippen LogP contribution is -2.21. The van der Waals surface area contributed by atoms with E-state index in [1.165, 1.54) is 5.56 Å². The molecule has 2 unspecified atom stereocenters. The van der Waals surface area contributed by atoms with Crippen molar-refractivity contribution in [1.29, 1.82) is 0 Å². The van der Waals surface area contributed by atoms with Crippen LogP contribution < -0.4 is 4.74 Å². The summed E-state index contributed by atoms with van der Waals surface area (Å²) in [6.45, 7) is 8.57. The van der Waals surface area contributed by atoms with Crippen LogP contribution >= 0.6 is 0 Å². The molecule has 0 aliphatic heterocycles. The highest BCUT2D eigenvalue weighted by molar-refractivity contribution is 7.95. The summed E-state index contributed by atoms with van der Waals surface area (Å²) in [5, 5.41) is 0. The molecule has 27 heavy (non-hydrogen) atoms. The first-order valence-electron chi connectivity index (χ1n) is 9.81. The summed E-state index contributed by atoms with van der Waals surface area (Å²) in [5.74, 6) is 1.83. The summed E-state index contributed by atoms with van der Waals surface area (Å²) in [4.78, 5) is 0.400. The maximum atomic E-state index is 12.3. The van der Waals surface area contributed by atoms with Crippen molar-refractivity contribution < 1.29 is 17.9 Å². The van der Waals surface area contributed by atoms with Crippen LogP contribution in [0.25, 0.3) is 0 Å². The fraction of sp³-hybridized carbons (Fsp3) is 0.545. The van der Waals surface area contributed by atoms with Gasteiger partial charge < -0.3 is 9.47 Å².